The number of methoxy groups -OCH3 is 2. The van der Waals surface area contributed by atoms with Crippen molar-refractivity contribution in [1.82, 2.24) is 19.6 Å². The highest BCUT2D eigenvalue weighted by Gasteiger charge is 2.18. The minimum Gasteiger partial charge on any atom is -0.496 e. The fraction of sp³-hybridized carbons (Fsp3) is 0.125. The maximum Gasteiger partial charge on any atom is 0.294 e. The van der Waals surface area contributed by atoms with Crippen LogP contribution in [0, 0.1) is 0 Å². The lowest BCUT2D eigenvalue weighted by atomic mass is 10.2. The molecule has 0 N–H and O–H groups in total. The number of imidazole rings is 1. The fourth-order valence-corrected chi connectivity index (χ4v) is 5.11. The second kappa shape index (κ2) is 8.47. The second-order valence-electron chi connectivity index (χ2n) is 7.36. The van der Waals surface area contributed by atoms with Gasteiger partial charge in [0, 0.05) is 23.1 Å². The van der Waals surface area contributed by atoms with Crippen molar-refractivity contribution >= 4 is 38.6 Å². The van der Waals surface area contributed by atoms with Crippen molar-refractivity contribution in [2.75, 3.05) is 14.2 Å². The first-order valence-electron chi connectivity index (χ1n) is 10.3. The molecular formula is C24H18N4O4S2. The summed E-state index contributed by atoms with van der Waals surface area (Å²) in [5.74, 6) is 1.91. The number of nitrogens with zero attached hydrogens (tertiary/aromatic N) is 4. The molecule has 10 heteroatoms. The molecule has 6 rings (SSSR count). The van der Waals surface area contributed by atoms with Crippen molar-refractivity contribution in [3.63, 3.8) is 0 Å². The van der Waals surface area contributed by atoms with Crippen molar-refractivity contribution in [3.05, 3.63) is 65.8 Å². The Morgan fingerprint density at radius 2 is 1.94 bits per heavy atom. The van der Waals surface area contributed by atoms with Crippen LogP contribution in [0.25, 0.3) is 38.0 Å². The van der Waals surface area contributed by atoms with Crippen LogP contribution in [0.5, 0.6) is 16.7 Å². The van der Waals surface area contributed by atoms with Gasteiger partial charge in [0.05, 0.1) is 31.5 Å². The van der Waals surface area contributed by atoms with Crippen LogP contribution in [0.2, 0.25) is 0 Å². The minimum absolute atomic E-state index is 0.326. The van der Waals surface area contributed by atoms with Crippen LogP contribution < -0.4 is 14.2 Å². The van der Waals surface area contributed by atoms with Gasteiger partial charge in [0.1, 0.15) is 34.4 Å². The Morgan fingerprint density at radius 1 is 1.06 bits per heavy atom. The first-order valence-corrected chi connectivity index (χ1v) is 12.0. The molecule has 4 heterocycles. The van der Waals surface area contributed by atoms with Gasteiger partial charge in [0.15, 0.2) is 5.76 Å². The third-order valence-corrected chi connectivity index (χ3v) is 7.07. The van der Waals surface area contributed by atoms with Gasteiger partial charge in [0.25, 0.3) is 5.19 Å². The maximum absolute atomic E-state index is 6.18. The maximum atomic E-state index is 6.18. The molecule has 0 saturated heterocycles. The van der Waals surface area contributed by atoms with E-state index in [0.29, 0.717) is 34.6 Å². The lowest BCUT2D eigenvalue weighted by molar-refractivity contribution is 0.303. The zero-order valence-electron chi connectivity index (χ0n) is 18.2. The molecule has 2 aromatic carbocycles. The summed E-state index contributed by atoms with van der Waals surface area (Å²) in [6.07, 6.45) is 1.73. The number of hydrogen-bond acceptors (Lipinski definition) is 9. The first kappa shape index (κ1) is 20.7. The molecule has 6 aromatic rings. The van der Waals surface area contributed by atoms with E-state index < -0.39 is 0 Å². The van der Waals surface area contributed by atoms with Gasteiger partial charge in [-0.05, 0) is 17.4 Å². The van der Waals surface area contributed by atoms with Crippen molar-refractivity contribution in [2.45, 2.75) is 6.61 Å². The summed E-state index contributed by atoms with van der Waals surface area (Å²) < 4.78 is 24.7. The summed E-state index contributed by atoms with van der Waals surface area (Å²) in [7, 11) is 3.20. The fourth-order valence-electron chi connectivity index (χ4n) is 3.61. The third-order valence-electron chi connectivity index (χ3n) is 5.25. The Labute approximate surface area is 202 Å². The summed E-state index contributed by atoms with van der Waals surface area (Å²) in [6.45, 7) is 0.326. The van der Waals surface area contributed by atoms with Gasteiger partial charge in [-0.1, -0.05) is 30.3 Å². The highest BCUT2D eigenvalue weighted by molar-refractivity contribution is 7.18. The first-order chi connectivity index (χ1) is 16.7. The average Bonchev–Trinajstić information content (AvgIpc) is 3.65. The number of fused-ring (bicyclic) bond motifs is 2. The van der Waals surface area contributed by atoms with Gasteiger partial charge in [-0.3, -0.25) is 0 Å². The molecule has 170 valence electrons. The molecule has 0 spiro atoms. The van der Waals surface area contributed by atoms with E-state index in [0.717, 1.165) is 32.3 Å². The lowest BCUT2D eigenvalue weighted by Crippen LogP contribution is -1.97. The molecule has 0 amide bonds. The second-order valence-corrected chi connectivity index (χ2v) is 9.13. The number of benzene rings is 2. The molecule has 8 nitrogen and oxygen atoms in total. The van der Waals surface area contributed by atoms with E-state index in [1.54, 1.807) is 36.3 Å². The Kier molecular flexibility index (Phi) is 5.16. The largest absolute Gasteiger partial charge is 0.496 e. The topological polar surface area (TPSA) is 83.9 Å². The minimum atomic E-state index is 0.326. The summed E-state index contributed by atoms with van der Waals surface area (Å²) >= 11 is 2.96. The molecule has 0 atom stereocenters. The van der Waals surface area contributed by atoms with E-state index in [9.17, 15) is 0 Å². The van der Waals surface area contributed by atoms with Crippen molar-refractivity contribution < 1.29 is 18.6 Å². The highest BCUT2D eigenvalue weighted by atomic mass is 32.1. The number of ether oxygens (including phenoxy) is 3. The molecule has 0 unspecified atom stereocenters. The Hall–Kier alpha value is -3.89. The van der Waals surface area contributed by atoms with Gasteiger partial charge in [-0.15, -0.1) is 16.4 Å². The quantitative estimate of drug-likeness (QED) is 0.274. The van der Waals surface area contributed by atoms with Crippen molar-refractivity contribution in [1.29, 1.82) is 0 Å². The molecule has 0 aliphatic rings. The van der Waals surface area contributed by atoms with Crippen LogP contribution in [0.1, 0.15) is 5.69 Å². The summed E-state index contributed by atoms with van der Waals surface area (Å²) in [5.41, 5.74) is 3.32. The molecule has 0 saturated carbocycles. The zero-order valence-corrected chi connectivity index (χ0v) is 19.9. The normalized spacial score (nSPS) is 11.4. The Morgan fingerprint density at radius 3 is 2.76 bits per heavy atom. The van der Waals surface area contributed by atoms with Crippen molar-refractivity contribution in [2.24, 2.45) is 0 Å². The number of thiazole rings is 1. The summed E-state index contributed by atoms with van der Waals surface area (Å²) in [4.78, 5) is 9.85. The highest BCUT2D eigenvalue weighted by Crippen LogP contribution is 2.38. The monoisotopic (exact) mass is 490 g/mol. The predicted molar refractivity (Wildman–Crippen MR) is 131 cm³/mol. The van der Waals surface area contributed by atoms with E-state index >= 15 is 0 Å². The van der Waals surface area contributed by atoms with E-state index in [4.69, 9.17) is 23.6 Å². The van der Waals surface area contributed by atoms with Gasteiger partial charge in [-0.2, -0.15) is 4.52 Å². The molecular weight excluding hydrogens is 472 g/mol. The standard InChI is InChI=1S/C24H18N4O4S2/c1-29-16-8-19(31-12-15-13-33-22(26-15)14-6-4-3-5-7-14)17-10-21(32-20(17)9-16)18-11-25-23-28(18)27-24(30-2)34-23/h3-11,13H,12H2,1-2H3. The van der Waals surface area contributed by atoms with Gasteiger partial charge >= 0.3 is 0 Å². The predicted octanol–water partition coefficient (Wildman–Crippen LogP) is 5.92. The SMILES string of the molecule is COc1cc(OCc2csc(-c3ccccc3)n2)c2cc(-c3cnc4sc(OC)nn34)oc2c1. The van der Waals surface area contributed by atoms with E-state index in [1.165, 1.54) is 11.3 Å². The van der Waals surface area contributed by atoms with Crippen LogP contribution in [0.4, 0.5) is 0 Å². The third kappa shape index (κ3) is 3.66. The molecule has 4 aromatic heterocycles. The number of furan rings is 1. The van der Waals surface area contributed by atoms with E-state index in [2.05, 4.69) is 10.1 Å². The molecule has 0 bridgehead atoms. The Balaban J connectivity index is 1.33. The summed E-state index contributed by atoms with van der Waals surface area (Å²) in [6, 6.07) is 15.7. The molecule has 0 radical (unpaired) electrons. The summed E-state index contributed by atoms with van der Waals surface area (Å²) in [5, 5.41) is 8.76. The van der Waals surface area contributed by atoms with Gasteiger partial charge in [-0.25, -0.2) is 9.97 Å². The van der Waals surface area contributed by atoms with E-state index in [1.807, 2.05) is 53.9 Å². The van der Waals surface area contributed by atoms with Crippen LogP contribution in [-0.2, 0) is 6.61 Å². The number of hydrogen-bond donors (Lipinski definition) is 0. The molecule has 34 heavy (non-hydrogen) atoms. The lowest BCUT2D eigenvalue weighted by Gasteiger charge is -2.07. The average molecular weight is 491 g/mol. The zero-order chi connectivity index (χ0) is 23.1. The number of rotatable bonds is 7. The smallest absolute Gasteiger partial charge is 0.294 e. The Bertz CT molecular complexity index is 1600. The van der Waals surface area contributed by atoms with Crippen LogP contribution >= 0.6 is 22.7 Å². The molecule has 0 aliphatic carbocycles. The number of aromatic nitrogens is 4. The van der Waals surface area contributed by atoms with Crippen LogP contribution in [0.3, 0.4) is 0 Å². The van der Waals surface area contributed by atoms with Gasteiger partial charge < -0.3 is 18.6 Å². The molecule has 0 fully saturated rings. The van der Waals surface area contributed by atoms with E-state index in [-0.39, 0.29) is 0 Å². The van der Waals surface area contributed by atoms with Crippen LogP contribution in [0.15, 0.2) is 64.5 Å². The van der Waals surface area contributed by atoms with Crippen molar-refractivity contribution in [3.8, 4) is 38.7 Å². The van der Waals surface area contributed by atoms with Gasteiger partial charge in [0.2, 0.25) is 4.96 Å². The molecule has 0 aliphatic heterocycles. The van der Waals surface area contributed by atoms with Crippen LogP contribution in [-0.4, -0.2) is 33.8 Å².